The van der Waals surface area contributed by atoms with Gasteiger partial charge in [0, 0.05) is 19.0 Å². The molecule has 1 aromatic rings. The van der Waals surface area contributed by atoms with E-state index >= 15 is 0 Å². The highest BCUT2D eigenvalue weighted by molar-refractivity contribution is 5.70. The molecular weight excluding hydrogens is 332 g/mol. The fourth-order valence-corrected chi connectivity index (χ4v) is 3.40. The summed E-state index contributed by atoms with van der Waals surface area (Å²) >= 11 is 0. The molecule has 6 heteroatoms. The minimum absolute atomic E-state index is 0.0818. The lowest BCUT2D eigenvalue weighted by Crippen LogP contribution is -2.44. The van der Waals surface area contributed by atoms with Crippen molar-refractivity contribution in [2.24, 2.45) is 11.8 Å². The molecular formula is C20H28N2O4. The van der Waals surface area contributed by atoms with Crippen molar-refractivity contribution >= 4 is 12.2 Å². The lowest BCUT2D eigenvalue weighted by atomic mass is 9.98. The Bertz CT molecular complexity index is 637. The highest BCUT2D eigenvalue weighted by Gasteiger charge is 2.45. The van der Waals surface area contributed by atoms with E-state index in [0.29, 0.717) is 19.0 Å². The number of hydrogen-bond acceptors (Lipinski definition) is 4. The van der Waals surface area contributed by atoms with Crippen LogP contribution < -0.4 is 5.32 Å². The maximum absolute atomic E-state index is 12.4. The largest absolute Gasteiger partial charge is 0.445 e. The van der Waals surface area contributed by atoms with Crippen molar-refractivity contribution in [2.75, 3.05) is 13.1 Å². The maximum Gasteiger partial charge on any atom is 0.410 e. The smallest absolute Gasteiger partial charge is 0.410 e. The van der Waals surface area contributed by atoms with Gasteiger partial charge < -0.3 is 19.7 Å². The quantitative estimate of drug-likeness (QED) is 0.891. The molecule has 0 aromatic heterocycles. The molecule has 1 aliphatic carbocycles. The van der Waals surface area contributed by atoms with Gasteiger partial charge in [-0.25, -0.2) is 9.59 Å². The van der Waals surface area contributed by atoms with Crippen LogP contribution in [0.3, 0.4) is 0 Å². The van der Waals surface area contributed by atoms with Crippen LogP contribution in [-0.4, -0.2) is 41.8 Å². The van der Waals surface area contributed by atoms with E-state index < -0.39 is 11.7 Å². The third-order valence-corrected chi connectivity index (χ3v) is 4.76. The molecule has 1 N–H and O–H groups in total. The number of carbonyl (C=O) groups is 2. The third kappa shape index (κ3) is 5.13. The Hall–Kier alpha value is -2.24. The second kappa shape index (κ2) is 7.56. The Morgan fingerprint density at radius 2 is 1.85 bits per heavy atom. The Morgan fingerprint density at radius 3 is 2.46 bits per heavy atom. The van der Waals surface area contributed by atoms with Crippen molar-refractivity contribution in [1.82, 2.24) is 10.2 Å². The lowest BCUT2D eigenvalue weighted by Gasteiger charge is -2.24. The van der Waals surface area contributed by atoms with E-state index in [2.05, 4.69) is 5.32 Å². The number of rotatable bonds is 4. The summed E-state index contributed by atoms with van der Waals surface area (Å²) in [6.45, 7) is 6.87. The second-order valence-corrected chi connectivity index (χ2v) is 8.20. The molecule has 2 aliphatic rings. The van der Waals surface area contributed by atoms with Crippen LogP contribution in [0.1, 0.15) is 39.2 Å². The molecule has 0 radical (unpaired) electrons. The topological polar surface area (TPSA) is 67.9 Å². The summed E-state index contributed by atoms with van der Waals surface area (Å²) in [5.41, 5.74) is 0.425. The number of benzene rings is 1. The van der Waals surface area contributed by atoms with Gasteiger partial charge in [0.1, 0.15) is 12.2 Å². The molecule has 1 heterocycles. The van der Waals surface area contributed by atoms with Crippen LogP contribution in [0, 0.1) is 11.8 Å². The van der Waals surface area contributed by atoms with Crippen LogP contribution in [0.4, 0.5) is 9.59 Å². The van der Waals surface area contributed by atoms with E-state index in [-0.39, 0.29) is 24.7 Å². The van der Waals surface area contributed by atoms with Crippen LogP contribution in [0.2, 0.25) is 0 Å². The summed E-state index contributed by atoms with van der Waals surface area (Å²) < 4.78 is 10.8. The van der Waals surface area contributed by atoms with E-state index in [4.69, 9.17) is 9.47 Å². The van der Waals surface area contributed by atoms with Crippen LogP contribution in [0.25, 0.3) is 0 Å². The molecule has 3 rings (SSSR count). The third-order valence-electron chi connectivity index (χ3n) is 4.76. The maximum atomic E-state index is 12.4. The molecule has 1 saturated carbocycles. The van der Waals surface area contributed by atoms with E-state index in [1.807, 2.05) is 51.1 Å². The molecule has 1 aliphatic heterocycles. The second-order valence-electron chi connectivity index (χ2n) is 8.20. The number of nitrogens with zero attached hydrogens (tertiary/aromatic N) is 1. The Balaban J connectivity index is 1.54. The van der Waals surface area contributed by atoms with Gasteiger partial charge in [-0.05, 0) is 45.1 Å². The first kappa shape index (κ1) is 18.5. The minimum Gasteiger partial charge on any atom is -0.445 e. The SMILES string of the molecule is CC(C)(C)OC(=O)N[C@@H]1CN(C(=O)OCc2ccccc2)C[C@@H]1C1CC1. The predicted molar refractivity (Wildman–Crippen MR) is 97.6 cm³/mol. The molecule has 0 unspecified atom stereocenters. The fraction of sp³-hybridized carbons (Fsp3) is 0.600. The summed E-state index contributed by atoms with van der Waals surface area (Å²) in [7, 11) is 0. The zero-order valence-electron chi connectivity index (χ0n) is 15.7. The predicted octanol–water partition coefficient (Wildman–Crippen LogP) is 3.56. The van der Waals surface area contributed by atoms with E-state index in [9.17, 15) is 9.59 Å². The molecule has 6 nitrogen and oxygen atoms in total. The van der Waals surface area contributed by atoms with Crippen LogP contribution in [0.5, 0.6) is 0 Å². The summed E-state index contributed by atoms with van der Waals surface area (Å²) in [5, 5.41) is 2.95. The highest BCUT2D eigenvalue weighted by Crippen LogP contribution is 2.41. The van der Waals surface area contributed by atoms with E-state index in [1.54, 1.807) is 4.90 Å². The van der Waals surface area contributed by atoms with Crippen LogP contribution in [0.15, 0.2) is 30.3 Å². The van der Waals surface area contributed by atoms with Crippen molar-refractivity contribution in [1.29, 1.82) is 0 Å². The van der Waals surface area contributed by atoms with E-state index in [0.717, 1.165) is 18.4 Å². The standard InChI is InChI=1S/C20H28N2O4/c1-20(2,3)26-18(23)21-17-12-22(11-16(17)15-9-10-15)19(24)25-13-14-7-5-4-6-8-14/h4-8,15-17H,9-13H2,1-3H3,(H,21,23)/t16-,17-/m1/s1. The van der Waals surface area contributed by atoms with Crippen molar-refractivity contribution in [3.63, 3.8) is 0 Å². The molecule has 1 saturated heterocycles. The molecule has 2 atom stereocenters. The first-order valence-corrected chi connectivity index (χ1v) is 9.27. The van der Waals surface area contributed by atoms with Gasteiger partial charge in [0.25, 0.3) is 0 Å². The van der Waals surface area contributed by atoms with Crippen LogP contribution >= 0.6 is 0 Å². The van der Waals surface area contributed by atoms with E-state index in [1.165, 1.54) is 0 Å². The molecule has 26 heavy (non-hydrogen) atoms. The molecule has 0 spiro atoms. The normalized spacial score (nSPS) is 22.8. The number of likely N-dealkylation sites (tertiary alicyclic amines) is 1. The van der Waals surface area contributed by atoms with Gasteiger partial charge in [0.05, 0.1) is 6.04 Å². The van der Waals surface area contributed by atoms with Gasteiger partial charge in [-0.1, -0.05) is 30.3 Å². The van der Waals surface area contributed by atoms with Gasteiger partial charge in [0.15, 0.2) is 0 Å². The minimum atomic E-state index is -0.536. The van der Waals surface area contributed by atoms with Gasteiger partial charge >= 0.3 is 12.2 Å². The molecule has 142 valence electrons. The van der Waals surface area contributed by atoms with Gasteiger partial charge in [-0.3, -0.25) is 0 Å². The summed E-state index contributed by atoms with van der Waals surface area (Å²) in [4.78, 5) is 26.3. The Kier molecular flexibility index (Phi) is 5.39. The van der Waals surface area contributed by atoms with Crippen molar-refractivity contribution in [2.45, 2.75) is 51.9 Å². The summed E-state index contributed by atoms with van der Waals surface area (Å²) in [6, 6.07) is 9.54. The molecule has 2 amide bonds. The molecule has 2 fully saturated rings. The van der Waals surface area contributed by atoms with Crippen molar-refractivity contribution in [3.8, 4) is 0 Å². The van der Waals surface area contributed by atoms with Gasteiger partial charge in [-0.15, -0.1) is 0 Å². The number of hydrogen-bond donors (Lipinski definition) is 1. The highest BCUT2D eigenvalue weighted by atomic mass is 16.6. The number of nitrogens with one attached hydrogen (secondary N) is 1. The zero-order valence-corrected chi connectivity index (χ0v) is 15.7. The first-order valence-electron chi connectivity index (χ1n) is 9.27. The van der Waals surface area contributed by atoms with Crippen molar-refractivity contribution < 1.29 is 19.1 Å². The monoisotopic (exact) mass is 360 g/mol. The Morgan fingerprint density at radius 1 is 1.15 bits per heavy atom. The van der Waals surface area contributed by atoms with Gasteiger partial charge in [0.2, 0.25) is 0 Å². The van der Waals surface area contributed by atoms with Crippen molar-refractivity contribution in [3.05, 3.63) is 35.9 Å². The average Bonchev–Trinajstić information content (AvgIpc) is 3.33. The lowest BCUT2D eigenvalue weighted by molar-refractivity contribution is 0.0491. The number of alkyl carbamates (subject to hydrolysis) is 1. The van der Waals surface area contributed by atoms with Gasteiger partial charge in [-0.2, -0.15) is 0 Å². The summed E-state index contributed by atoms with van der Waals surface area (Å²) in [6.07, 6.45) is 1.56. The number of carbonyl (C=O) groups excluding carboxylic acids is 2. The number of ether oxygens (including phenoxy) is 2. The first-order chi connectivity index (χ1) is 12.3. The number of amides is 2. The molecule has 0 bridgehead atoms. The van der Waals surface area contributed by atoms with Crippen LogP contribution in [-0.2, 0) is 16.1 Å². The zero-order chi connectivity index (χ0) is 18.7. The summed E-state index contributed by atoms with van der Waals surface area (Å²) in [5.74, 6) is 0.841. The Labute approximate surface area is 154 Å². The molecule has 1 aromatic carbocycles. The average molecular weight is 360 g/mol. The fourth-order valence-electron chi connectivity index (χ4n) is 3.40.